The van der Waals surface area contributed by atoms with Crippen LogP contribution >= 0.6 is 0 Å². The maximum atomic E-state index is 12.9. The summed E-state index contributed by atoms with van der Waals surface area (Å²) in [5.41, 5.74) is 5.73. The molecule has 1 saturated carbocycles. The number of carbonyl (C=O) groups excluding carboxylic acids is 1. The Morgan fingerprint density at radius 2 is 2.00 bits per heavy atom. The number of benzene rings is 1. The van der Waals surface area contributed by atoms with Gasteiger partial charge in [-0.1, -0.05) is 12.1 Å². The average molecular weight is 272 g/mol. The van der Waals surface area contributed by atoms with Crippen LogP contribution in [0.2, 0.25) is 0 Å². The Morgan fingerprint density at radius 3 is 2.58 bits per heavy atom. The van der Waals surface area contributed by atoms with E-state index >= 15 is 0 Å². The smallest absolute Gasteiger partial charge is 0.277 e. The fourth-order valence-electron chi connectivity index (χ4n) is 1.98. The zero-order chi connectivity index (χ0) is 14.0. The normalized spacial score (nSPS) is 22.1. The molecule has 0 bridgehead atoms. The second-order valence-electron chi connectivity index (χ2n) is 4.78. The van der Waals surface area contributed by atoms with Crippen molar-refractivity contribution in [3.8, 4) is 0 Å². The lowest BCUT2D eigenvalue weighted by Crippen LogP contribution is -2.42. The standard InChI is InChI=1S/C13H15F3N2O/c14-9-3-1-8(2-4-9)10-5-11(10)12(19)18-7-13(15,16)6-17/h1-4,10-11H,5-7,17H2,(H,18,19). The molecular formula is C13H15F3N2O. The van der Waals surface area contributed by atoms with E-state index in [-0.39, 0.29) is 17.7 Å². The van der Waals surface area contributed by atoms with Crippen LogP contribution < -0.4 is 11.1 Å². The molecular weight excluding hydrogens is 257 g/mol. The minimum Gasteiger partial charge on any atom is -0.350 e. The van der Waals surface area contributed by atoms with Crippen LogP contribution in [0, 0.1) is 11.7 Å². The van der Waals surface area contributed by atoms with Crippen LogP contribution in [0.4, 0.5) is 13.2 Å². The summed E-state index contributed by atoms with van der Waals surface area (Å²) in [6, 6.07) is 5.87. The van der Waals surface area contributed by atoms with Crippen molar-refractivity contribution < 1.29 is 18.0 Å². The SMILES string of the molecule is NCC(F)(F)CNC(=O)C1CC1c1ccc(F)cc1. The summed E-state index contributed by atoms with van der Waals surface area (Å²) in [4.78, 5) is 11.7. The molecule has 19 heavy (non-hydrogen) atoms. The molecule has 0 heterocycles. The molecule has 104 valence electrons. The Morgan fingerprint density at radius 1 is 1.37 bits per heavy atom. The molecule has 0 radical (unpaired) electrons. The number of halogens is 3. The summed E-state index contributed by atoms with van der Waals surface area (Å²) in [5.74, 6) is -4.13. The van der Waals surface area contributed by atoms with Crippen molar-refractivity contribution in [1.82, 2.24) is 5.32 Å². The molecule has 0 saturated heterocycles. The van der Waals surface area contributed by atoms with E-state index in [1.165, 1.54) is 12.1 Å². The number of alkyl halides is 2. The first-order valence-corrected chi connectivity index (χ1v) is 6.04. The summed E-state index contributed by atoms with van der Waals surface area (Å²) in [6.45, 7) is -1.53. The largest absolute Gasteiger partial charge is 0.350 e. The molecule has 1 aliphatic carbocycles. The molecule has 1 aromatic carbocycles. The zero-order valence-corrected chi connectivity index (χ0v) is 10.2. The van der Waals surface area contributed by atoms with Crippen molar-refractivity contribution >= 4 is 5.91 Å². The predicted molar refractivity (Wildman–Crippen MR) is 64.3 cm³/mol. The van der Waals surface area contributed by atoms with Gasteiger partial charge in [-0.3, -0.25) is 4.79 Å². The molecule has 1 aliphatic rings. The lowest BCUT2D eigenvalue weighted by Gasteiger charge is -2.14. The van der Waals surface area contributed by atoms with E-state index in [4.69, 9.17) is 5.73 Å². The highest BCUT2D eigenvalue weighted by Gasteiger charge is 2.44. The molecule has 2 rings (SSSR count). The number of rotatable bonds is 5. The van der Waals surface area contributed by atoms with Crippen LogP contribution in [0.25, 0.3) is 0 Å². The van der Waals surface area contributed by atoms with Crippen LogP contribution in [0.15, 0.2) is 24.3 Å². The van der Waals surface area contributed by atoms with Crippen molar-refractivity contribution in [3.63, 3.8) is 0 Å². The van der Waals surface area contributed by atoms with Crippen molar-refractivity contribution in [2.75, 3.05) is 13.1 Å². The molecule has 0 aromatic heterocycles. The Balaban J connectivity index is 1.85. The van der Waals surface area contributed by atoms with Crippen molar-refractivity contribution in [2.24, 2.45) is 11.7 Å². The molecule has 1 fully saturated rings. The zero-order valence-electron chi connectivity index (χ0n) is 10.2. The van der Waals surface area contributed by atoms with E-state index in [2.05, 4.69) is 5.32 Å². The van der Waals surface area contributed by atoms with Crippen LogP contribution in [-0.2, 0) is 4.79 Å². The number of carbonyl (C=O) groups is 1. The molecule has 0 spiro atoms. The number of hydrogen-bond donors (Lipinski definition) is 2. The monoisotopic (exact) mass is 272 g/mol. The molecule has 2 unspecified atom stereocenters. The number of hydrogen-bond acceptors (Lipinski definition) is 2. The van der Waals surface area contributed by atoms with Crippen LogP contribution in [0.3, 0.4) is 0 Å². The highest BCUT2D eigenvalue weighted by atomic mass is 19.3. The summed E-state index contributed by atoms with van der Waals surface area (Å²) in [6.07, 6.45) is 0.603. The Kier molecular flexibility index (Phi) is 3.80. The first-order chi connectivity index (χ1) is 8.93. The van der Waals surface area contributed by atoms with Gasteiger partial charge in [0.25, 0.3) is 5.92 Å². The highest BCUT2D eigenvalue weighted by Crippen LogP contribution is 2.47. The van der Waals surface area contributed by atoms with Gasteiger partial charge < -0.3 is 11.1 Å². The maximum Gasteiger partial charge on any atom is 0.277 e. The topological polar surface area (TPSA) is 55.1 Å². The molecule has 1 amide bonds. The van der Waals surface area contributed by atoms with Gasteiger partial charge in [0.1, 0.15) is 5.82 Å². The second kappa shape index (κ2) is 5.21. The lowest BCUT2D eigenvalue weighted by molar-refractivity contribution is -0.124. The maximum absolute atomic E-state index is 12.9. The van der Waals surface area contributed by atoms with Gasteiger partial charge in [0.05, 0.1) is 13.1 Å². The summed E-state index contributed by atoms with van der Waals surface area (Å²) >= 11 is 0. The van der Waals surface area contributed by atoms with E-state index in [1.807, 2.05) is 0 Å². The predicted octanol–water partition coefficient (Wildman–Crippen LogP) is 1.64. The van der Waals surface area contributed by atoms with Crippen LogP contribution in [-0.4, -0.2) is 24.9 Å². The quantitative estimate of drug-likeness (QED) is 0.856. The van der Waals surface area contributed by atoms with Crippen molar-refractivity contribution in [1.29, 1.82) is 0 Å². The third kappa shape index (κ3) is 3.47. The second-order valence-corrected chi connectivity index (χ2v) is 4.78. The average Bonchev–Trinajstić information content (AvgIpc) is 3.17. The van der Waals surface area contributed by atoms with Gasteiger partial charge in [-0.05, 0) is 30.0 Å². The highest BCUT2D eigenvalue weighted by molar-refractivity contribution is 5.82. The Labute approximate surface area is 109 Å². The minimum atomic E-state index is -3.07. The van der Waals surface area contributed by atoms with E-state index in [0.29, 0.717) is 6.42 Å². The van der Waals surface area contributed by atoms with Gasteiger partial charge in [0.2, 0.25) is 5.91 Å². The lowest BCUT2D eigenvalue weighted by atomic mass is 10.1. The van der Waals surface area contributed by atoms with E-state index in [0.717, 1.165) is 5.56 Å². The molecule has 3 nitrogen and oxygen atoms in total. The fourth-order valence-corrected chi connectivity index (χ4v) is 1.98. The third-order valence-corrected chi connectivity index (χ3v) is 3.25. The van der Waals surface area contributed by atoms with Crippen molar-refractivity contribution in [2.45, 2.75) is 18.3 Å². The van der Waals surface area contributed by atoms with Gasteiger partial charge >= 0.3 is 0 Å². The van der Waals surface area contributed by atoms with Crippen LogP contribution in [0.1, 0.15) is 17.9 Å². The Hall–Kier alpha value is -1.56. The van der Waals surface area contributed by atoms with E-state index in [1.54, 1.807) is 12.1 Å². The van der Waals surface area contributed by atoms with Crippen molar-refractivity contribution in [3.05, 3.63) is 35.6 Å². The minimum absolute atomic E-state index is 0.00732. The molecule has 6 heteroatoms. The van der Waals surface area contributed by atoms with Gasteiger partial charge in [-0.15, -0.1) is 0 Å². The fraction of sp³-hybridized carbons (Fsp3) is 0.462. The summed E-state index contributed by atoms with van der Waals surface area (Å²) in [5, 5.41) is 2.20. The molecule has 2 atom stereocenters. The number of nitrogens with one attached hydrogen (secondary N) is 1. The van der Waals surface area contributed by atoms with E-state index < -0.39 is 24.9 Å². The summed E-state index contributed by atoms with van der Waals surface area (Å²) < 4.78 is 38.5. The number of amides is 1. The van der Waals surface area contributed by atoms with E-state index in [9.17, 15) is 18.0 Å². The molecule has 3 N–H and O–H groups in total. The van der Waals surface area contributed by atoms with Crippen LogP contribution in [0.5, 0.6) is 0 Å². The summed E-state index contributed by atoms with van der Waals surface area (Å²) in [7, 11) is 0. The van der Waals surface area contributed by atoms with Gasteiger partial charge in [0, 0.05) is 5.92 Å². The van der Waals surface area contributed by atoms with Gasteiger partial charge in [-0.25, -0.2) is 13.2 Å². The first kappa shape index (κ1) is 13.9. The Bertz CT molecular complexity index is 461. The molecule has 0 aliphatic heterocycles. The number of nitrogens with two attached hydrogens (primary N) is 1. The first-order valence-electron chi connectivity index (χ1n) is 6.04. The third-order valence-electron chi connectivity index (χ3n) is 3.25. The van der Waals surface area contributed by atoms with Gasteiger partial charge in [0.15, 0.2) is 0 Å². The molecule has 1 aromatic rings. The van der Waals surface area contributed by atoms with Gasteiger partial charge in [-0.2, -0.15) is 0 Å².